The second kappa shape index (κ2) is 7.96. The van der Waals surface area contributed by atoms with E-state index in [0.29, 0.717) is 10.7 Å². The summed E-state index contributed by atoms with van der Waals surface area (Å²) in [6, 6.07) is 27.2. The van der Waals surface area contributed by atoms with E-state index in [4.69, 9.17) is 4.98 Å². The Balaban J connectivity index is 1.52. The molecule has 0 radical (unpaired) electrons. The van der Waals surface area contributed by atoms with Gasteiger partial charge in [0.25, 0.3) is 0 Å². The van der Waals surface area contributed by atoms with Crippen LogP contribution in [0.4, 0.5) is 5.69 Å². The first-order chi connectivity index (χ1) is 14.8. The molecule has 0 unspecified atom stereocenters. The SMILES string of the molecule is O=C(CSc1nc2ccccc2n2c(-c3ccccc3)nnc12)Nc1ccccc1. The highest BCUT2D eigenvalue weighted by Crippen LogP contribution is 2.29. The average molecular weight is 411 g/mol. The van der Waals surface area contributed by atoms with E-state index < -0.39 is 0 Å². The summed E-state index contributed by atoms with van der Waals surface area (Å²) in [5.41, 5.74) is 4.14. The number of benzene rings is 3. The van der Waals surface area contributed by atoms with E-state index in [-0.39, 0.29) is 11.7 Å². The van der Waals surface area contributed by atoms with E-state index in [1.807, 2.05) is 89.3 Å². The van der Waals surface area contributed by atoms with Gasteiger partial charge >= 0.3 is 0 Å². The molecule has 5 rings (SSSR count). The van der Waals surface area contributed by atoms with Crippen LogP contribution in [0.5, 0.6) is 0 Å². The highest BCUT2D eigenvalue weighted by atomic mass is 32.2. The Labute approximate surface area is 177 Å². The third-order valence-electron chi connectivity index (χ3n) is 4.63. The van der Waals surface area contributed by atoms with Gasteiger partial charge in [0, 0.05) is 11.3 Å². The summed E-state index contributed by atoms with van der Waals surface area (Å²) in [6.45, 7) is 0. The van der Waals surface area contributed by atoms with Crippen LogP contribution in [-0.4, -0.2) is 31.2 Å². The molecule has 5 aromatic rings. The molecule has 0 atom stereocenters. The lowest BCUT2D eigenvalue weighted by Gasteiger charge is -2.09. The molecule has 3 aromatic carbocycles. The van der Waals surface area contributed by atoms with Crippen LogP contribution < -0.4 is 5.32 Å². The third-order valence-corrected chi connectivity index (χ3v) is 5.58. The van der Waals surface area contributed by atoms with Crippen LogP contribution in [-0.2, 0) is 4.79 Å². The van der Waals surface area contributed by atoms with E-state index in [2.05, 4.69) is 15.5 Å². The highest BCUT2D eigenvalue weighted by Gasteiger charge is 2.17. The number of fused-ring (bicyclic) bond motifs is 3. The Kier molecular flexibility index (Phi) is 4.86. The van der Waals surface area contributed by atoms with Crippen LogP contribution in [0, 0.1) is 0 Å². The quantitative estimate of drug-likeness (QED) is 0.425. The predicted molar refractivity (Wildman–Crippen MR) is 120 cm³/mol. The monoisotopic (exact) mass is 411 g/mol. The molecule has 1 N–H and O–H groups in total. The molecule has 1 amide bonds. The first-order valence-electron chi connectivity index (χ1n) is 9.46. The van der Waals surface area contributed by atoms with Gasteiger partial charge in [-0.15, -0.1) is 10.2 Å². The number of amides is 1. The van der Waals surface area contributed by atoms with Crippen LogP contribution in [0.1, 0.15) is 0 Å². The molecule has 0 saturated heterocycles. The number of rotatable bonds is 5. The fourth-order valence-electron chi connectivity index (χ4n) is 3.28. The van der Waals surface area contributed by atoms with Crippen LogP contribution in [0.15, 0.2) is 90.0 Å². The Hall–Kier alpha value is -3.71. The number of carbonyl (C=O) groups excluding carboxylic acids is 1. The van der Waals surface area contributed by atoms with Gasteiger partial charge in [0.05, 0.1) is 16.8 Å². The zero-order valence-electron chi connectivity index (χ0n) is 15.9. The molecule has 0 aliphatic carbocycles. The van der Waals surface area contributed by atoms with E-state index in [1.165, 1.54) is 11.8 Å². The lowest BCUT2D eigenvalue weighted by molar-refractivity contribution is -0.113. The summed E-state index contributed by atoms with van der Waals surface area (Å²) in [5, 5.41) is 12.4. The molecule has 2 heterocycles. The van der Waals surface area contributed by atoms with Crippen molar-refractivity contribution in [2.24, 2.45) is 0 Å². The zero-order chi connectivity index (χ0) is 20.3. The fourth-order valence-corrected chi connectivity index (χ4v) is 4.05. The Bertz CT molecular complexity index is 1340. The largest absolute Gasteiger partial charge is 0.325 e. The number of nitrogens with zero attached hydrogens (tertiary/aromatic N) is 4. The second-order valence-electron chi connectivity index (χ2n) is 6.66. The van der Waals surface area contributed by atoms with Crippen molar-refractivity contribution in [3.05, 3.63) is 84.9 Å². The Morgan fingerprint density at radius 1 is 0.867 bits per heavy atom. The number of hydrogen-bond donors (Lipinski definition) is 1. The maximum atomic E-state index is 12.4. The molecular weight excluding hydrogens is 394 g/mol. The Morgan fingerprint density at radius 2 is 1.57 bits per heavy atom. The minimum Gasteiger partial charge on any atom is -0.325 e. The summed E-state index contributed by atoms with van der Waals surface area (Å²) in [6.07, 6.45) is 0. The van der Waals surface area contributed by atoms with Crippen molar-refractivity contribution >= 4 is 40.0 Å². The number of hydrogen-bond acceptors (Lipinski definition) is 5. The number of thioether (sulfide) groups is 1. The standard InChI is InChI=1S/C23H17N5OS/c29-20(24-17-11-5-2-6-12-17)15-30-23-22-27-26-21(16-9-3-1-4-10-16)28(22)19-14-8-7-13-18(19)25-23/h1-14H,15H2,(H,24,29). The number of para-hydroxylation sites is 3. The van der Waals surface area contributed by atoms with E-state index in [9.17, 15) is 4.79 Å². The van der Waals surface area contributed by atoms with E-state index in [1.54, 1.807) is 0 Å². The van der Waals surface area contributed by atoms with Crippen molar-refractivity contribution in [1.82, 2.24) is 19.6 Å². The number of anilines is 1. The molecule has 30 heavy (non-hydrogen) atoms. The lowest BCUT2D eigenvalue weighted by atomic mass is 10.2. The van der Waals surface area contributed by atoms with Gasteiger partial charge in [-0.3, -0.25) is 9.20 Å². The first-order valence-corrected chi connectivity index (χ1v) is 10.5. The van der Waals surface area contributed by atoms with Gasteiger partial charge in [0.2, 0.25) is 5.91 Å². The zero-order valence-corrected chi connectivity index (χ0v) is 16.7. The number of aromatic nitrogens is 4. The molecule has 0 saturated carbocycles. The van der Waals surface area contributed by atoms with Crippen molar-refractivity contribution in [3.63, 3.8) is 0 Å². The van der Waals surface area contributed by atoms with Crippen molar-refractivity contribution in [3.8, 4) is 11.4 Å². The van der Waals surface area contributed by atoms with Crippen molar-refractivity contribution < 1.29 is 4.79 Å². The average Bonchev–Trinajstić information content (AvgIpc) is 3.24. The molecule has 0 aliphatic rings. The predicted octanol–water partition coefficient (Wildman–Crippen LogP) is 4.68. The maximum absolute atomic E-state index is 12.4. The maximum Gasteiger partial charge on any atom is 0.234 e. The van der Waals surface area contributed by atoms with Gasteiger partial charge in [-0.2, -0.15) is 0 Å². The summed E-state index contributed by atoms with van der Waals surface area (Å²) in [5.74, 6) is 0.880. The molecule has 7 heteroatoms. The lowest BCUT2D eigenvalue weighted by Crippen LogP contribution is -2.14. The smallest absolute Gasteiger partial charge is 0.234 e. The summed E-state index contributed by atoms with van der Waals surface area (Å²) in [4.78, 5) is 17.2. The molecule has 2 aromatic heterocycles. The minimum atomic E-state index is -0.0953. The molecular formula is C23H17N5OS. The fraction of sp³-hybridized carbons (Fsp3) is 0.0435. The van der Waals surface area contributed by atoms with Gasteiger partial charge < -0.3 is 5.32 Å². The molecule has 6 nitrogen and oxygen atoms in total. The van der Waals surface area contributed by atoms with Crippen molar-refractivity contribution in [2.75, 3.05) is 11.1 Å². The van der Waals surface area contributed by atoms with Crippen LogP contribution >= 0.6 is 11.8 Å². The number of carbonyl (C=O) groups is 1. The van der Waals surface area contributed by atoms with Gasteiger partial charge in [-0.25, -0.2) is 4.98 Å². The summed E-state index contributed by atoms with van der Waals surface area (Å²) < 4.78 is 2.01. The van der Waals surface area contributed by atoms with E-state index >= 15 is 0 Å². The molecule has 0 aliphatic heterocycles. The summed E-state index contributed by atoms with van der Waals surface area (Å²) >= 11 is 1.35. The van der Waals surface area contributed by atoms with Crippen LogP contribution in [0.25, 0.3) is 28.1 Å². The topological polar surface area (TPSA) is 72.2 Å². The second-order valence-corrected chi connectivity index (χ2v) is 7.62. The van der Waals surface area contributed by atoms with Gasteiger partial charge in [0.15, 0.2) is 11.5 Å². The third kappa shape index (κ3) is 3.51. The minimum absolute atomic E-state index is 0.0953. The first kappa shape index (κ1) is 18.3. The van der Waals surface area contributed by atoms with Gasteiger partial charge in [0.1, 0.15) is 5.03 Å². The van der Waals surface area contributed by atoms with Gasteiger partial charge in [-0.05, 0) is 24.3 Å². The van der Waals surface area contributed by atoms with Crippen molar-refractivity contribution in [1.29, 1.82) is 0 Å². The highest BCUT2D eigenvalue weighted by molar-refractivity contribution is 8.00. The van der Waals surface area contributed by atoms with Crippen molar-refractivity contribution in [2.45, 2.75) is 5.03 Å². The van der Waals surface area contributed by atoms with Gasteiger partial charge in [-0.1, -0.05) is 72.4 Å². The van der Waals surface area contributed by atoms with Crippen LogP contribution in [0.3, 0.4) is 0 Å². The Morgan fingerprint density at radius 3 is 2.37 bits per heavy atom. The molecule has 0 fully saturated rings. The molecule has 0 bridgehead atoms. The normalized spacial score (nSPS) is 11.1. The molecule has 0 spiro atoms. The van der Waals surface area contributed by atoms with Crippen LogP contribution in [0.2, 0.25) is 0 Å². The summed E-state index contributed by atoms with van der Waals surface area (Å²) in [7, 11) is 0. The molecule has 146 valence electrons. The van der Waals surface area contributed by atoms with E-state index in [0.717, 1.165) is 28.1 Å². The number of nitrogens with one attached hydrogen (secondary N) is 1.